The van der Waals surface area contributed by atoms with Crippen molar-refractivity contribution in [2.75, 3.05) is 13.2 Å². The van der Waals surface area contributed by atoms with E-state index in [4.69, 9.17) is 14.2 Å². The van der Waals surface area contributed by atoms with Crippen molar-refractivity contribution in [2.24, 2.45) is 0 Å². The van der Waals surface area contributed by atoms with E-state index in [2.05, 4.69) is 10.6 Å². The number of rotatable bonds is 10. The Morgan fingerprint density at radius 1 is 0.636 bits per heavy atom. The second-order valence-corrected chi connectivity index (χ2v) is 7.99. The molecule has 33 heavy (non-hydrogen) atoms. The molecule has 2 fully saturated rings. The molecule has 0 unspecified atom stereocenters. The maximum atomic E-state index is 12.1. The number of esters is 2. The third kappa shape index (κ3) is 7.06. The van der Waals surface area contributed by atoms with Gasteiger partial charge in [0.05, 0.1) is 11.1 Å². The van der Waals surface area contributed by atoms with Crippen molar-refractivity contribution in [2.45, 2.75) is 37.8 Å². The van der Waals surface area contributed by atoms with E-state index in [1.165, 1.54) is 24.3 Å². The molecule has 0 atom stereocenters. The monoisotopic (exact) mass is 452 g/mol. The molecule has 2 amide bonds. The number of amides is 2. The van der Waals surface area contributed by atoms with Gasteiger partial charge in [-0.15, -0.1) is 0 Å². The summed E-state index contributed by atoms with van der Waals surface area (Å²) in [5.41, 5.74) is 0.593. The molecule has 0 aromatic heterocycles. The van der Waals surface area contributed by atoms with E-state index < -0.39 is 11.9 Å². The summed E-state index contributed by atoms with van der Waals surface area (Å²) < 4.78 is 15.7. The molecule has 172 valence electrons. The van der Waals surface area contributed by atoms with E-state index in [-0.39, 0.29) is 37.1 Å². The second-order valence-electron chi connectivity index (χ2n) is 7.99. The highest BCUT2D eigenvalue weighted by molar-refractivity contribution is 5.92. The fourth-order valence-corrected chi connectivity index (χ4v) is 2.88. The number of carbonyl (C=O) groups excluding carboxylic acids is 4. The summed E-state index contributed by atoms with van der Waals surface area (Å²) in [5.74, 6) is -0.850. The zero-order chi connectivity index (χ0) is 23.2. The molecule has 2 aromatic carbocycles. The van der Waals surface area contributed by atoms with Gasteiger partial charge in [0.2, 0.25) is 0 Å². The first-order valence-electron chi connectivity index (χ1n) is 10.8. The summed E-state index contributed by atoms with van der Waals surface area (Å²) in [6.45, 7) is -0.624. The number of hydrogen-bond donors (Lipinski definition) is 2. The Morgan fingerprint density at radius 2 is 1.00 bits per heavy atom. The fraction of sp³-hybridized carbons (Fsp3) is 0.333. The molecule has 2 N–H and O–H groups in total. The molecule has 0 saturated heterocycles. The first kappa shape index (κ1) is 22.3. The van der Waals surface area contributed by atoms with Crippen LogP contribution < -0.4 is 15.4 Å². The summed E-state index contributed by atoms with van der Waals surface area (Å²) in [5, 5.41) is 5.49. The van der Waals surface area contributed by atoms with Crippen LogP contribution in [0.2, 0.25) is 0 Å². The van der Waals surface area contributed by atoms with Gasteiger partial charge in [0.15, 0.2) is 13.2 Å². The van der Waals surface area contributed by atoms with Crippen LogP contribution in [0.3, 0.4) is 0 Å². The predicted molar refractivity (Wildman–Crippen MR) is 116 cm³/mol. The molecule has 9 nitrogen and oxygen atoms in total. The van der Waals surface area contributed by atoms with E-state index >= 15 is 0 Å². The molecular weight excluding hydrogens is 428 g/mol. The average molecular weight is 452 g/mol. The summed E-state index contributed by atoms with van der Waals surface area (Å²) in [6, 6.07) is 13.0. The molecule has 4 rings (SSSR count). The van der Waals surface area contributed by atoms with Crippen LogP contribution in [-0.4, -0.2) is 49.1 Å². The van der Waals surface area contributed by atoms with Crippen molar-refractivity contribution in [1.29, 1.82) is 0 Å². The number of hydrogen-bond acceptors (Lipinski definition) is 7. The number of carbonyl (C=O) groups is 4. The first-order chi connectivity index (χ1) is 16.0. The average Bonchev–Trinajstić information content (AvgIpc) is 3.75. The summed E-state index contributed by atoms with van der Waals surface area (Å²) >= 11 is 0. The van der Waals surface area contributed by atoms with Gasteiger partial charge in [-0.05, 0) is 74.2 Å². The zero-order valence-corrected chi connectivity index (χ0v) is 17.9. The molecule has 0 bridgehead atoms. The van der Waals surface area contributed by atoms with Gasteiger partial charge in [0.25, 0.3) is 11.8 Å². The normalized spacial score (nSPS) is 14.7. The van der Waals surface area contributed by atoms with Gasteiger partial charge in [-0.25, -0.2) is 9.59 Å². The lowest BCUT2D eigenvalue weighted by atomic mass is 10.2. The van der Waals surface area contributed by atoms with Crippen LogP contribution in [0.1, 0.15) is 46.4 Å². The van der Waals surface area contributed by atoms with Crippen LogP contribution in [-0.2, 0) is 19.1 Å². The van der Waals surface area contributed by atoms with Crippen LogP contribution in [0.5, 0.6) is 11.5 Å². The van der Waals surface area contributed by atoms with Gasteiger partial charge in [0.1, 0.15) is 11.5 Å². The van der Waals surface area contributed by atoms with Crippen LogP contribution in [0.4, 0.5) is 0 Å². The van der Waals surface area contributed by atoms with Crippen molar-refractivity contribution in [3.63, 3.8) is 0 Å². The molecular formula is C24H24N2O7. The molecule has 2 aromatic rings. The topological polar surface area (TPSA) is 120 Å². The molecule has 2 aliphatic rings. The van der Waals surface area contributed by atoms with Gasteiger partial charge >= 0.3 is 11.9 Å². The van der Waals surface area contributed by atoms with Gasteiger partial charge in [-0.2, -0.15) is 0 Å². The molecule has 0 spiro atoms. The highest BCUT2D eigenvalue weighted by Gasteiger charge is 2.24. The van der Waals surface area contributed by atoms with Crippen LogP contribution in [0.25, 0.3) is 0 Å². The van der Waals surface area contributed by atoms with Gasteiger partial charge < -0.3 is 24.8 Å². The summed E-state index contributed by atoms with van der Waals surface area (Å²) in [6.07, 6.45) is 3.86. The standard InChI is InChI=1S/C24H24N2O7/c27-21(25-17-5-6-17)13-31-23(29)15-1-9-19(10-2-15)33-20-11-3-16(4-12-20)24(30)32-14-22(28)26-18-7-8-18/h1-4,9-12,17-18H,5-8,13-14H2,(H,25,27)(H,26,28). The predicted octanol–water partition coefficient (Wildman–Crippen LogP) is 2.35. The largest absolute Gasteiger partial charge is 0.457 e. The summed E-state index contributed by atoms with van der Waals surface area (Å²) in [7, 11) is 0. The Morgan fingerprint density at radius 3 is 1.33 bits per heavy atom. The minimum atomic E-state index is -0.596. The first-order valence-corrected chi connectivity index (χ1v) is 10.8. The Kier molecular flexibility index (Phi) is 6.87. The molecule has 2 saturated carbocycles. The van der Waals surface area contributed by atoms with Gasteiger partial charge in [-0.1, -0.05) is 0 Å². The van der Waals surface area contributed by atoms with Gasteiger partial charge in [-0.3, -0.25) is 9.59 Å². The Labute approximate surface area is 190 Å². The second kappa shape index (κ2) is 10.2. The van der Waals surface area contributed by atoms with Crippen molar-refractivity contribution in [3.05, 3.63) is 59.7 Å². The van der Waals surface area contributed by atoms with Crippen LogP contribution in [0.15, 0.2) is 48.5 Å². The fourth-order valence-electron chi connectivity index (χ4n) is 2.88. The third-order valence-corrected chi connectivity index (χ3v) is 4.97. The SMILES string of the molecule is O=C(COC(=O)c1ccc(Oc2ccc(C(=O)OCC(=O)NC3CC3)cc2)cc1)NC1CC1. The van der Waals surface area contributed by atoms with E-state index in [9.17, 15) is 19.2 Å². The minimum absolute atomic E-state index is 0.214. The number of benzene rings is 2. The quantitative estimate of drug-likeness (QED) is 0.531. The Hall–Kier alpha value is -3.88. The lowest BCUT2D eigenvalue weighted by molar-refractivity contribution is -0.125. The van der Waals surface area contributed by atoms with Crippen molar-refractivity contribution < 1.29 is 33.4 Å². The van der Waals surface area contributed by atoms with Gasteiger partial charge in [0, 0.05) is 12.1 Å². The van der Waals surface area contributed by atoms with E-state index in [0.717, 1.165) is 25.7 Å². The highest BCUT2D eigenvalue weighted by atomic mass is 16.5. The Balaban J connectivity index is 1.22. The maximum absolute atomic E-state index is 12.1. The lowest BCUT2D eigenvalue weighted by Gasteiger charge is -2.09. The number of nitrogens with one attached hydrogen (secondary N) is 2. The van der Waals surface area contributed by atoms with E-state index in [1.54, 1.807) is 24.3 Å². The Bertz CT molecular complexity index is 942. The van der Waals surface area contributed by atoms with E-state index in [0.29, 0.717) is 22.6 Å². The van der Waals surface area contributed by atoms with Crippen molar-refractivity contribution >= 4 is 23.8 Å². The molecule has 0 heterocycles. The summed E-state index contributed by atoms with van der Waals surface area (Å²) in [4.78, 5) is 47.3. The van der Waals surface area contributed by atoms with Crippen molar-refractivity contribution in [1.82, 2.24) is 10.6 Å². The molecule has 0 aliphatic heterocycles. The zero-order valence-electron chi connectivity index (χ0n) is 17.9. The van der Waals surface area contributed by atoms with Crippen molar-refractivity contribution in [3.8, 4) is 11.5 Å². The molecule has 0 radical (unpaired) electrons. The molecule has 9 heteroatoms. The van der Waals surface area contributed by atoms with Crippen LogP contribution >= 0.6 is 0 Å². The lowest BCUT2D eigenvalue weighted by Crippen LogP contribution is -2.30. The van der Waals surface area contributed by atoms with E-state index in [1.807, 2.05) is 0 Å². The molecule has 2 aliphatic carbocycles. The highest BCUT2D eigenvalue weighted by Crippen LogP contribution is 2.23. The smallest absolute Gasteiger partial charge is 0.338 e. The van der Waals surface area contributed by atoms with Crippen LogP contribution in [0, 0.1) is 0 Å². The maximum Gasteiger partial charge on any atom is 0.338 e. The third-order valence-electron chi connectivity index (χ3n) is 4.97. The minimum Gasteiger partial charge on any atom is -0.457 e. The number of ether oxygens (including phenoxy) is 3.